The van der Waals surface area contributed by atoms with Crippen LogP contribution in [0.15, 0.2) is 24.3 Å². The van der Waals surface area contributed by atoms with Gasteiger partial charge in [-0.2, -0.15) is 0 Å². The fourth-order valence-electron chi connectivity index (χ4n) is 1.71. The molecule has 0 aliphatic carbocycles. The molecule has 7 heteroatoms. The molecule has 0 fully saturated rings. The fourth-order valence-corrected chi connectivity index (χ4v) is 1.71. The Morgan fingerprint density at radius 2 is 1.95 bits per heavy atom. The van der Waals surface area contributed by atoms with Crippen LogP contribution in [0.25, 0.3) is 0 Å². The van der Waals surface area contributed by atoms with Crippen molar-refractivity contribution in [1.29, 1.82) is 0 Å². The van der Waals surface area contributed by atoms with Gasteiger partial charge in [0.1, 0.15) is 0 Å². The fraction of sp³-hybridized carbons (Fsp3) is 0.462. The third-order valence-corrected chi connectivity index (χ3v) is 2.83. The summed E-state index contributed by atoms with van der Waals surface area (Å²) >= 11 is 0. The Hall–Kier alpha value is -1.73. The maximum atomic E-state index is 12.4. The van der Waals surface area contributed by atoms with Crippen LogP contribution < -0.4 is 10.6 Å². The number of aliphatic hydroxyl groups excluding tert-OH is 1. The van der Waals surface area contributed by atoms with Crippen molar-refractivity contribution < 1.29 is 18.7 Å². The molecule has 1 aromatic rings. The molecule has 0 saturated heterocycles. The Bertz CT molecular complexity index is 426. The van der Waals surface area contributed by atoms with E-state index in [4.69, 9.17) is 10.8 Å². The third-order valence-electron chi connectivity index (χ3n) is 2.83. The molecule has 0 bridgehead atoms. The van der Waals surface area contributed by atoms with Gasteiger partial charge in [-0.3, -0.25) is 9.69 Å². The predicted octanol–water partition coefficient (Wildman–Crippen LogP) is 0.791. The minimum absolute atomic E-state index is 0.0334. The molecular weight excluding hydrogens is 268 g/mol. The highest BCUT2D eigenvalue weighted by molar-refractivity contribution is 5.94. The van der Waals surface area contributed by atoms with E-state index in [9.17, 15) is 13.6 Å². The molecule has 0 radical (unpaired) electrons. The van der Waals surface area contributed by atoms with Gasteiger partial charge >= 0.3 is 0 Å². The van der Waals surface area contributed by atoms with Crippen molar-refractivity contribution in [3.63, 3.8) is 0 Å². The largest absolute Gasteiger partial charge is 0.399 e. The van der Waals surface area contributed by atoms with Crippen molar-refractivity contribution in [2.24, 2.45) is 0 Å². The lowest BCUT2D eigenvalue weighted by Gasteiger charge is -2.24. The van der Waals surface area contributed by atoms with Crippen molar-refractivity contribution in [3.8, 4) is 0 Å². The number of halogens is 2. The number of carbonyl (C=O) groups excluding carboxylic acids is 1. The van der Waals surface area contributed by atoms with Crippen LogP contribution in [-0.2, 0) is 4.79 Å². The zero-order valence-electron chi connectivity index (χ0n) is 11.3. The van der Waals surface area contributed by atoms with E-state index < -0.39 is 13.0 Å². The van der Waals surface area contributed by atoms with Crippen LogP contribution >= 0.6 is 0 Å². The first kappa shape index (κ1) is 16.3. The Kier molecular flexibility index (Phi) is 6.33. The van der Waals surface area contributed by atoms with Crippen LogP contribution in [0.3, 0.4) is 0 Å². The maximum absolute atomic E-state index is 12.4. The predicted molar refractivity (Wildman–Crippen MR) is 73.8 cm³/mol. The quantitative estimate of drug-likeness (QED) is 0.728. The molecule has 5 nitrogen and oxygen atoms in total. The summed E-state index contributed by atoms with van der Waals surface area (Å²) in [5.74, 6) is -0.330. The highest BCUT2D eigenvalue weighted by Gasteiger charge is 2.18. The standard InChI is InChI=1S/C13H19F2N3O2/c1-17(11-4-2-10(16)3-5-11)13(20)9-18(6-7-19)8-12(14)15/h2-5,12,19H,6-9,16H2,1H3. The number of anilines is 2. The Labute approximate surface area is 116 Å². The van der Waals surface area contributed by atoms with Crippen LogP contribution in [0.4, 0.5) is 20.2 Å². The molecular formula is C13H19F2N3O2. The SMILES string of the molecule is CN(C(=O)CN(CCO)CC(F)F)c1ccc(N)cc1. The highest BCUT2D eigenvalue weighted by atomic mass is 19.3. The molecule has 112 valence electrons. The number of likely N-dealkylation sites (N-methyl/N-ethyl adjacent to an activating group) is 1. The molecule has 0 aliphatic heterocycles. The maximum Gasteiger partial charge on any atom is 0.251 e. The van der Waals surface area contributed by atoms with E-state index in [1.807, 2.05) is 0 Å². The van der Waals surface area contributed by atoms with Crippen molar-refractivity contribution in [3.05, 3.63) is 24.3 Å². The average Bonchev–Trinajstić information content (AvgIpc) is 2.38. The van der Waals surface area contributed by atoms with Crippen molar-refractivity contribution in [2.45, 2.75) is 6.43 Å². The second-order valence-corrected chi connectivity index (χ2v) is 4.39. The Morgan fingerprint density at radius 3 is 2.45 bits per heavy atom. The number of amides is 1. The summed E-state index contributed by atoms with van der Waals surface area (Å²) in [6.45, 7) is -0.953. The van der Waals surface area contributed by atoms with Crippen LogP contribution in [0.5, 0.6) is 0 Å². The molecule has 0 aliphatic rings. The minimum Gasteiger partial charge on any atom is -0.399 e. The first-order valence-corrected chi connectivity index (χ1v) is 6.17. The topological polar surface area (TPSA) is 69.8 Å². The number of hydrogen-bond acceptors (Lipinski definition) is 4. The van der Waals surface area contributed by atoms with Crippen molar-refractivity contribution in [2.75, 3.05) is 43.9 Å². The molecule has 0 unspecified atom stereocenters. The van der Waals surface area contributed by atoms with Gasteiger partial charge in [-0.25, -0.2) is 8.78 Å². The number of nitrogens with two attached hydrogens (primary N) is 1. The molecule has 0 heterocycles. The van der Waals surface area contributed by atoms with Gasteiger partial charge in [-0.05, 0) is 24.3 Å². The molecule has 1 rings (SSSR count). The minimum atomic E-state index is -2.55. The summed E-state index contributed by atoms with van der Waals surface area (Å²) in [4.78, 5) is 14.6. The number of aliphatic hydroxyl groups is 1. The van der Waals surface area contributed by atoms with Gasteiger partial charge in [0.15, 0.2) is 0 Å². The summed E-state index contributed by atoms with van der Waals surface area (Å²) in [5, 5.41) is 8.82. The van der Waals surface area contributed by atoms with E-state index in [0.717, 1.165) is 0 Å². The molecule has 20 heavy (non-hydrogen) atoms. The zero-order chi connectivity index (χ0) is 15.1. The average molecular weight is 287 g/mol. The number of nitrogen functional groups attached to an aromatic ring is 1. The van der Waals surface area contributed by atoms with E-state index in [0.29, 0.717) is 11.4 Å². The van der Waals surface area contributed by atoms with Crippen LogP contribution in [0.2, 0.25) is 0 Å². The lowest BCUT2D eigenvalue weighted by Crippen LogP contribution is -2.41. The van der Waals surface area contributed by atoms with Gasteiger partial charge in [-0.15, -0.1) is 0 Å². The van der Waals surface area contributed by atoms with E-state index >= 15 is 0 Å². The lowest BCUT2D eigenvalue weighted by atomic mass is 10.2. The number of hydrogen-bond donors (Lipinski definition) is 2. The van der Waals surface area contributed by atoms with Gasteiger partial charge in [0.25, 0.3) is 6.43 Å². The monoisotopic (exact) mass is 287 g/mol. The first-order chi connectivity index (χ1) is 9.43. The van der Waals surface area contributed by atoms with Gasteiger partial charge in [0.2, 0.25) is 5.91 Å². The number of alkyl halides is 2. The first-order valence-electron chi connectivity index (χ1n) is 6.17. The van der Waals surface area contributed by atoms with E-state index in [2.05, 4.69) is 0 Å². The number of benzene rings is 1. The van der Waals surface area contributed by atoms with Crippen molar-refractivity contribution >= 4 is 17.3 Å². The summed E-state index contributed by atoms with van der Waals surface area (Å²) in [6.07, 6.45) is -2.55. The van der Waals surface area contributed by atoms with Gasteiger partial charge in [0.05, 0.1) is 19.7 Å². The van der Waals surface area contributed by atoms with Crippen LogP contribution in [0, 0.1) is 0 Å². The van der Waals surface area contributed by atoms with E-state index in [-0.39, 0.29) is 25.6 Å². The lowest BCUT2D eigenvalue weighted by molar-refractivity contribution is -0.119. The van der Waals surface area contributed by atoms with Crippen LogP contribution in [-0.4, -0.2) is 55.6 Å². The molecule has 0 saturated carbocycles. The molecule has 3 N–H and O–H groups in total. The Morgan fingerprint density at radius 1 is 1.35 bits per heavy atom. The molecule has 1 amide bonds. The molecule has 0 aromatic heterocycles. The summed E-state index contributed by atoms with van der Waals surface area (Å²) in [6, 6.07) is 6.67. The van der Waals surface area contributed by atoms with E-state index in [1.165, 1.54) is 9.80 Å². The molecule has 1 aromatic carbocycles. The number of carbonyl (C=O) groups is 1. The summed E-state index contributed by atoms with van der Waals surface area (Å²) < 4.78 is 24.7. The smallest absolute Gasteiger partial charge is 0.251 e. The summed E-state index contributed by atoms with van der Waals surface area (Å²) in [7, 11) is 1.56. The normalized spacial score (nSPS) is 11.1. The van der Waals surface area contributed by atoms with Gasteiger partial charge in [0, 0.05) is 25.0 Å². The zero-order valence-corrected chi connectivity index (χ0v) is 11.3. The Balaban J connectivity index is 2.65. The van der Waals surface area contributed by atoms with E-state index in [1.54, 1.807) is 31.3 Å². The van der Waals surface area contributed by atoms with Gasteiger partial charge in [-0.1, -0.05) is 0 Å². The molecule has 0 spiro atoms. The van der Waals surface area contributed by atoms with Gasteiger partial charge < -0.3 is 15.7 Å². The van der Waals surface area contributed by atoms with Crippen LogP contribution in [0.1, 0.15) is 0 Å². The summed E-state index contributed by atoms with van der Waals surface area (Å²) in [5.41, 5.74) is 6.76. The second-order valence-electron chi connectivity index (χ2n) is 4.39. The van der Waals surface area contributed by atoms with Crippen molar-refractivity contribution in [1.82, 2.24) is 4.90 Å². The number of nitrogens with zero attached hydrogens (tertiary/aromatic N) is 2. The highest BCUT2D eigenvalue weighted by Crippen LogP contribution is 2.15. The number of rotatable bonds is 7. The third kappa shape index (κ3) is 5.10. The second kappa shape index (κ2) is 7.76. The molecule has 0 atom stereocenters.